The second kappa shape index (κ2) is 6.39. The Hall–Kier alpha value is -0.390. The number of rotatable bonds is 7. The quantitative estimate of drug-likeness (QED) is 0.390. The lowest BCUT2D eigenvalue weighted by Gasteiger charge is -2.29. The van der Waals surface area contributed by atoms with Gasteiger partial charge in [0.25, 0.3) is 10.1 Å². The van der Waals surface area contributed by atoms with E-state index in [0.717, 1.165) is 30.4 Å². The largest absolute Gasteiger partial charge is 0.524 e. The highest BCUT2D eigenvalue weighted by Crippen LogP contribution is 2.26. The highest BCUT2D eigenvalue weighted by atomic mass is 32.3. The van der Waals surface area contributed by atoms with Crippen molar-refractivity contribution >= 4 is 20.2 Å². The predicted octanol–water partition coefficient (Wildman–Crippen LogP) is 1.20. The highest BCUT2D eigenvalue weighted by Gasteiger charge is 2.50. The van der Waals surface area contributed by atoms with Crippen LogP contribution in [0.25, 0.3) is 0 Å². The van der Waals surface area contributed by atoms with Gasteiger partial charge in [-0.05, 0) is 12.8 Å². The number of unbranched alkanes of at least 4 members (excludes halogenated alkanes) is 1. The molecular weight excluding hydrogens is 335 g/mol. The second-order valence-electron chi connectivity index (χ2n) is 5.43. The number of hydrogen-bond acceptors (Lipinski definition) is 5. The minimum atomic E-state index is -6.11. The van der Waals surface area contributed by atoms with Gasteiger partial charge in [-0.15, -0.1) is 3.63 Å². The normalized spacial score (nSPS) is 19.8. The molecule has 0 aromatic carbocycles. The van der Waals surface area contributed by atoms with E-state index in [4.69, 9.17) is 0 Å². The molecule has 0 N–H and O–H groups in total. The van der Waals surface area contributed by atoms with Crippen LogP contribution in [0.1, 0.15) is 25.7 Å². The summed E-state index contributed by atoms with van der Waals surface area (Å²) in [6.07, 6.45) is 2.73. The summed E-state index contributed by atoms with van der Waals surface area (Å²) < 4.78 is 84.0. The van der Waals surface area contributed by atoms with Crippen LogP contribution >= 0.6 is 0 Å². The second-order valence-corrected chi connectivity index (χ2v) is 8.87. The number of halogens is 3. The molecule has 0 bridgehead atoms. The molecule has 0 spiro atoms. The van der Waals surface area contributed by atoms with E-state index in [1.807, 2.05) is 7.05 Å². The fraction of sp³-hybridized carbons (Fsp3) is 1.00. The Bertz CT molecular complexity index is 550. The molecule has 0 atom stereocenters. The molecule has 11 heteroatoms. The van der Waals surface area contributed by atoms with E-state index in [1.165, 1.54) is 0 Å². The van der Waals surface area contributed by atoms with Crippen LogP contribution in [-0.4, -0.2) is 59.3 Å². The third-order valence-electron chi connectivity index (χ3n) is 3.46. The van der Waals surface area contributed by atoms with Gasteiger partial charge in [0.15, 0.2) is 0 Å². The van der Waals surface area contributed by atoms with Gasteiger partial charge in [0.05, 0.1) is 32.4 Å². The number of likely N-dealkylation sites (tertiary alicyclic amines) is 1. The van der Waals surface area contributed by atoms with Gasteiger partial charge in [0, 0.05) is 12.8 Å². The monoisotopic (exact) mass is 354 g/mol. The third kappa shape index (κ3) is 5.72. The molecule has 1 saturated heterocycles. The van der Waals surface area contributed by atoms with Crippen molar-refractivity contribution in [3.05, 3.63) is 0 Å². The van der Waals surface area contributed by atoms with E-state index in [-0.39, 0.29) is 6.42 Å². The molecule has 21 heavy (non-hydrogen) atoms. The van der Waals surface area contributed by atoms with Crippen molar-refractivity contribution in [2.75, 3.05) is 32.4 Å². The molecule has 1 aliphatic rings. The Kier molecular flexibility index (Phi) is 5.67. The summed E-state index contributed by atoms with van der Waals surface area (Å²) in [4.78, 5) is 0. The standard InChI is InChI=1S/C10H19F3NO5S2/c1-14(6-2-3-7-14)8-4-5-9-20(15,16)19-21(17,18)10(11,12)13/h2-9H2,1H3/q+1. The van der Waals surface area contributed by atoms with E-state index in [1.54, 1.807) is 0 Å². The van der Waals surface area contributed by atoms with Crippen molar-refractivity contribution in [2.45, 2.75) is 31.2 Å². The van der Waals surface area contributed by atoms with Gasteiger partial charge >= 0.3 is 15.6 Å². The number of nitrogens with zero attached hydrogens (tertiary/aromatic N) is 1. The van der Waals surface area contributed by atoms with Crippen LogP contribution in [0.2, 0.25) is 0 Å². The molecule has 126 valence electrons. The molecular formula is C10H19F3NO5S2+. The number of alkyl halides is 3. The van der Waals surface area contributed by atoms with Crippen molar-refractivity contribution < 1.29 is 38.1 Å². The highest BCUT2D eigenvalue weighted by molar-refractivity contribution is 8.00. The lowest BCUT2D eigenvalue weighted by atomic mass is 10.3. The summed E-state index contributed by atoms with van der Waals surface area (Å²) in [6.45, 7) is 2.69. The van der Waals surface area contributed by atoms with E-state index in [2.05, 4.69) is 3.63 Å². The zero-order valence-corrected chi connectivity index (χ0v) is 13.2. The number of hydrogen-bond donors (Lipinski definition) is 0. The van der Waals surface area contributed by atoms with Crippen LogP contribution in [0.4, 0.5) is 13.2 Å². The minimum Gasteiger partial charge on any atom is -0.326 e. The third-order valence-corrected chi connectivity index (χ3v) is 6.37. The van der Waals surface area contributed by atoms with Crippen molar-refractivity contribution in [3.63, 3.8) is 0 Å². The van der Waals surface area contributed by atoms with Gasteiger partial charge in [0.1, 0.15) is 0 Å². The van der Waals surface area contributed by atoms with Crippen LogP contribution in [0.3, 0.4) is 0 Å². The minimum absolute atomic E-state index is 0.0591. The van der Waals surface area contributed by atoms with E-state index >= 15 is 0 Å². The van der Waals surface area contributed by atoms with Crippen LogP contribution in [0.15, 0.2) is 0 Å². The lowest BCUT2D eigenvalue weighted by molar-refractivity contribution is -0.897. The first kappa shape index (κ1) is 18.7. The Labute approximate surface area is 122 Å². The average molecular weight is 354 g/mol. The summed E-state index contributed by atoms with van der Waals surface area (Å²) in [7, 11) is -8.83. The van der Waals surface area contributed by atoms with Crippen LogP contribution < -0.4 is 0 Å². The van der Waals surface area contributed by atoms with Crippen LogP contribution in [0, 0.1) is 0 Å². The fourth-order valence-electron chi connectivity index (χ4n) is 2.30. The number of quaternary nitrogens is 1. The van der Waals surface area contributed by atoms with Gasteiger partial charge in [-0.2, -0.15) is 30.0 Å². The summed E-state index contributed by atoms with van der Waals surface area (Å²) in [5.41, 5.74) is -5.74. The summed E-state index contributed by atoms with van der Waals surface area (Å²) >= 11 is 0. The molecule has 0 aliphatic carbocycles. The zero-order chi connectivity index (χ0) is 16.4. The Morgan fingerprint density at radius 3 is 2.05 bits per heavy atom. The van der Waals surface area contributed by atoms with Gasteiger partial charge in [0.2, 0.25) is 0 Å². The molecule has 0 aromatic rings. The van der Waals surface area contributed by atoms with Crippen molar-refractivity contribution in [1.82, 2.24) is 0 Å². The van der Waals surface area contributed by atoms with E-state index in [9.17, 15) is 30.0 Å². The summed E-state index contributed by atoms with van der Waals surface area (Å²) in [6, 6.07) is 0. The maximum atomic E-state index is 12.0. The van der Waals surface area contributed by atoms with Crippen molar-refractivity contribution in [3.8, 4) is 0 Å². The SMILES string of the molecule is C[N+]1(CCCCS(=O)(=O)OS(=O)(=O)C(F)(F)F)CCCC1. The maximum absolute atomic E-state index is 12.0. The average Bonchev–Trinajstić information content (AvgIpc) is 2.69. The van der Waals surface area contributed by atoms with Gasteiger partial charge in [-0.25, -0.2) is 0 Å². The lowest BCUT2D eigenvalue weighted by Crippen LogP contribution is -2.41. The Morgan fingerprint density at radius 2 is 1.57 bits per heavy atom. The van der Waals surface area contributed by atoms with Gasteiger partial charge in [-0.3, -0.25) is 0 Å². The predicted molar refractivity (Wildman–Crippen MR) is 69.1 cm³/mol. The zero-order valence-electron chi connectivity index (χ0n) is 11.6. The molecule has 0 radical (unpaired) electrons. The molecule has 6 nitrogen and oxygen atoms in total. The maximum Gasteiger partial charge on any atom is 0.524 e. The van der Waals surface area contributed by atoms with Crippen LogP contribution in [0.5, 0.6) is 0 Å². The van der Waals surface area contributed by atoms with E-state index in [0.29, 0.717) is 13.0 Å². The first-order valence-electron chi connectivity index (χ1n) is 6.46. The Balaban J connectivity index is 2.44. The van der Waals surface area contributed by atoms with Crippen molar-refractivity contribution in [1.29, 1.82) is 0 Å². The first-order valence-corrected chi connectivity index (χ1v) is 9.44. The molecule has 1 rings (SSSR count). The van der Waals surface area contributed by atoms with Gasteiger partial charge < -0.3 is 4.48 Å². The topological polar surface area (TPSA) is 77.5 Å². The first-order chi connectivity index (χ1) is 9.37. The van der Waals surface area contributed by atoms with Gasteiger partial charge in [-0.1, -0.05) is 0 Å². The molecule has 1 aliphatic heterocycles. The Morgan fingerprint density at radius 1 is 1.05 bits per heavy atom. The molecule has 0 aromatic heterocycles. The van der Waals surface area contributed by atoms with E-state index < -0.39 is 31.5 Å². The molecule has 0 saturated carbocycles. The van der Waals surface area contributed by atoms with Crippen LogP contribution in [-0.2, 0) is 23.9 Å². The summed E-state index contributed by atoms with van der Waals surface area (Å²) in [5, 5.41) is 0. The summed E-state index contributed by atoms with van der Waals surface area (Å²) in [5.74, 6) is -0.748. The molecule has 0 unspecified atom stereocenters. The molecule has 0 amide bonds. The van der Waals surface area contributed by atoms with Crippen molar-refractivity contribution in [2.24, 2.45) is 0 Å². The molecule has 1 heterocycles. The smallest absolute Gasteiger partial charge is 0.326 e. The fourth-order valence-corrected chi connectivity index (χ4v) is 4.53. The molecule has 1 fully saturated rings.